The van der Waals surface area contributed by atoms with Crippen LogP contribution in [0.15, 0.2) is 128 Å². The average Bonchev–Trinajstić information content (AvgIpc) is 3.63. The maximum atomic E-state index is 4.84. The maximum Gasteiger partial charge on any atom is 0.130 e. The van der Waals surface area contributed by atoms with Crippen LogP contribution in [0, 0.1) is 0 Å². The zero-order valence-electron chi connectivity index (χ0n) is 20.3. The standard InChI is InChI=1S/C32H30N4/c1-5-14-26(15-6-1)24-35-23-13-22-31(35)32(28-18-9-3-10-19-28,29-20-11-4-12-21-29)36-25-30(33-34-36)27-16-7-2-8-17-27/h1-12,14-21,25,31H,13,22-24H2/t31-/m0/s1. The molecule has 0 saturated carbocycles. The van der Waals surface area contributed by atoms with Gasteiger partial charge in [-0.25, -0.2) is 4.68 Å². The monoisotopic (exact) mass is 470 g/mol. The summed E-state index contributed by atoms with van der Waals surface area (Å²) in [6.07, 6.45) is 4.37. The Balaban J connectivity index is 1.55. The van der Waals surface area contributed by atoms with Crippen LogP contribution in [0.3, 0.4) is 0 Å². The van der Waals surface area contributed by atoms with Crippen LogP contribution >= 0.6 is 0 Å². The number of benzene rings is 4. The SMILES string of the molecule is c1ccc(CN2CCC[C@H]2C(c2ccccc2)(c2ccccc2)n2cc(-c3ccccc3)nn2)cc1. The summed E-state index contributed by atoms with van der Waals surface area (Å²) in [4.78, 5) is 2.64. The molecular formula is C32H30N4. The Bertz CT molecular complexity index is 1340. The minimum Gasteiger partial charge on any atom is -0.293 e. The highest BCUT2D eigenvalue weighted by Gasteiger charge is 2.49. The molecule has 5 aromatic rings. The number of aromatic nitrogens is 3. The summed E-state index contributed by atoms with van der Waals surface area (Å²) >= 11 is 0. The molecule has 178 valence electrons. The summed E-state index contributed by atoms with van der Waals surface area (Å²) in [6.45, 7) is 1.97. The van der Waals surface area contributed by atoms with Crippen molar-refractivity contribution in [1.82, 2.24) is 19.9 Å². The van der Waals surface area contributed by atoms with Crippen LogP contribution in [0.2, 0.25) is 0 Å². The summed E-state index contributed by atoms with van der Waals surface area (Å²) in [5.41, 5.74) is 5.23. The lowest BCUT2D eigenvalue weighted by molar-refractivity contribution is 0.143. The van der Waals surface area contributed by atoms with Crippen LogP contribution in [-0.4, -0.2) is 32.5 Å². The summed E-state index contributed by atoms with van der Waals surface area (Å²) in [5.74, 6) is 0. The summed E-state index contributed by atoms with van der Waals surface area (Å²) in [6, 6.07) is 43.1. The molecule has 4 nitrogen and oxygen atoms in total. The Hall–Kier alpha value is -4.02. The summed E-state index contributed by atoms with van der Waals surface area (Å²) < 4.78 is 2.13. The molecule has 36 heavy (non-hydrogen) atoms. The molecule has 0 spiro atoms. The summed E-state index contributed by atoms with van der Waals surface area (Å²) in [7, 11) is 0. The fourth-order valence-electron chi connectivity index (χ4n) is 5.84. The number of nitrogens with zero attached hydrogens (tertiary/aromatic N) is 4. The van der Waals surface area contributed by atoms with Gasteiger partial charge < -0.3 is 0 Å². The Morgan fingerprint density at radius 2 is 1.25 bits per heavy atom. The van der Waals surface area contributed by atoms with E-state index in [0.717, 1.165) is 37.2 Å². The molecule has 0 aliphatic carbocycles. The smallest absolute Gasteiger partial charge is 0.130 e. The van der Waals surface area contributed by atoms with Crippen LogP contribution in [0.25, 0.3) is 11.3 Å². The molecule has 1 aliphatic rings. The van der Waals surface area contributed by atoms with Crippen molar-refractivity contribution >= 4 is 0 Å². The first-order chi connectivity index (χ1) is 17.9. The van der Waals surface area contributed by atoms with E-state index in [4.69, 9.17) is 5.21 Å². The van der Waals surface area contributed by atoms with Gasteiger partial charge in [0.15, 0.2) is 0 Å². The van der Waals surface area contributed by atoms with Crippen LogP contribution in [0.1, 0.15) is 29.5 Å². The van der Waals surface area contributed by atoms with E-state index in [2.05, 4.69) is 136 Å². The first-order valence-electron chi connectivity index (χ1n) is 12.7. The Morgan fingerprint density at radius 3 is 1.86 bits per heavy atom. The fourth-order valence-corrected chi connectivity index (χ4v) is 5.84. The van der Waals surface area contributed by atoms with E-state index in [9.17, 15) is 0 Å². The van der Waals surface area contributed by atoms with Gasteiger partial charge in [0.25, 0.3) is 0 Å². The molecule has 1 aliphatic heterocycles. The molecule has 1 fully saturated rings. The fraction of sp³-hybridized carbons (Fsp3) is 0.188. The molecule has 2 heterocycles. The molecule has 0 radical (unpaired) electrons. The largest absolute Gasteiger partial charge is 0.293 e. The molecule has 6 rings (SSSR count). The van der Waals surface area contributed by atoms with Gasteiger partial charge in [0.05, 0.1) is 6.20 Å². The second-order valence-electron chi connectivity index (χ2n) is 9.53. The molecule has 0 unspecified atom stereocenters. The van der Waals surface area contributed by atoms with Crippen LogP contribution in [0.5, 0.6) is 0 Å². The molecule has 0 amide bonds. The van der Waals surface area contributed by atoms with Crippen LogP contribution in [-0.2, 0) is 12.1 Å². The van der Waals surface area contributed by atoms with Crippen molar-refractivity contribution in [2.24, 2.45) is 0 Å². The Kier molecular flexibility index (Phi) is 6.18. The van der Waals surface area contributed by atoms with Gasteiger partial charge in [-0.3, -0.25) is 4.90 Å². The van der Waals surface area contributed by atoms with Crippen molar-refractivity contribution in [3.05, 3.63) is 144 Å². The molecule has 4 heteroatoms. The lowest BCUT2D eigenvalue weighted by atomic mass is 9.75. The Labute approximate surface area is 212 Å². The lowest BCUT2D eigenvalue weighted by Crippen LogP contribution is -2.53. The molecule has 1 aromatic heterocycles. The highest BCUT2D eigenvalue weighted by Crippen LogP contribution is 2.44. The van der Waals surface area contributed by atoms with E-state index in [-0.39, 0.29) is 6.04 Å². The number of hydrogen-bond donors (Lipinski definition) is 0. The summed E-state index contributed by atoms with van der Waals surface area (Å²) in [5, 5.41) is 9.52. The van der Waals surface area contributed by atoms with Gasteiger partial charge in [-0.1, -0.05) is 127 Å². The number of likely N-dealkylation sites (tertiary alicyclic amines) is 1. The van der Waals surface area contributed by atoms with Crippen molar-refractivity contribution in [2.75, 3.05) is 6.54 Å². The predicted molar refractivity (Wildman–Crippen MR) is 144 cm³/mol. The van der Waals surface area contributed by atoms with E-state index in [1.807, 2.05) is 6.07 Å². The topological polar surface area (TPSA) is 34.0 Å². The van der Waals surface area contributed by atoms with E-state index in [1.165, 1.54) is 16.7 Å². The van der Waals surface area contributed by atoms with E-state index in [0.29, 0.717) is 0 Å². The van der Waals surface area contributed by atoms with Crippen molar-refractivity contribution in [2.45, 2.75) is 31.0 Å². The van der Waals surface area contributed by atoms with Crippen molar-refractivity contribution in [3.8, 4) is 11.3 Å². The van der Waals surface area contributed by atoms with E-state index < -0.39 is 5.54 Å². The molecule has 4 aromatic carbocycles. The highest BCUT2D eigenvalue weighted by atomic mass is 15.5. The first kappa shape index (κ1) is 22.4. The molecular weight excluding hydrogens is 440 g/mol. The predicted octanol–water partition coefficient (Wildman–Crippen LogP) is 6.40. The second-order valence-corrected chi connectivity index (χ2v) is 9.53. The van der Waals surface area contributed by atoms with Gasteiger partial charge in [-0.15, -0.1) is 5.10 Å². The minimum absolute atomic E-state index is 0.216. The third-order valence-electron chi connectivity index (χ3n) is 7.43. The second kappa shape index (κ2) is 9.92. The van der Waals surface area contributed by atoms with Crippen molar-refractivity contribution < 1.29 is 0 Å². The van der Waals surface area contributed by atoms with Gasteiger partial charge in [0, 0.05) is 18.2 Å². The van der Waals surface area contributed by atoms with E-state index >= 15 is 0 Å². The van der Waals surface area contributed by atoms with Gasteiger partial charge in [0.1, 0.15) is 11.2 Å². The van der Waals surface area contributed by atoms with Crippen molar-refractivity contribution in [1.29, 1.82) is 0 Å². The number of hydrogen-bond acceptors (Lipinski definition) is 3. The van der Waals surface area contributed by atoms with Gasteiger partial charge in [-0.2, -0.15) is 0 Å². The quantitative estimate of drug-likeness (QED) is 0.276. The van der Waals surface area contributed by atoms with Gasteiger partial charge in [0.2, 0.25) is 0 Å². The molecule has 0 bridgehead atoms. The van der Waals surface area contributed by atoms with Crippen LogP contribution in [0.4, 0.5) is 0 Å². The van der Waals surface area contributed by atoms with Crippen LogP contribution < -0.4 is 0 Å². The highest BCUT2D eigenvalue weighted by molar-refractivity contribution is 5.57. The first-order valence-corrected chi connectivity index (χ1v) is 12.7. The Morgan fingerprint density at radius 1 is 0.694 bits per heavy atom. The zero-order valence-corrected chi connectivity index (χ0v) is 20.3. The lowest BCUT2D eigenvalue weighted by Gasteiger charge is -2.44. The minimum atomic E-state index is -0.520. The van der Waals surface area contributed by atoms with E-state index in [1.54, 1.807) is 0 Å². The van der Waals surface area contributed by atoms with Gasteiger partial charge >= 0.3 is 0 Å². The normalized spacial score (nSPS) is 16.3. The average molecular weight is 471 g/mol. The maximum absolute atomic E-state index is 4.84. The zero-order chi connectivity index (χ0) is 24.2. The number of rotatable bonds is 7. The molecule has 1 saturated heterocycles. The van der Waals surface area contributed by atoms with Gasteiger partial charge in [-0.05, 0) is 36.1 Å². The molecule has 1 atom stereocenters. The third-order valence-corrected chi connectivity index (χ3v) is 7.43. The third kappa shape index (κ3) is 4.04. The molecule has 0 N–H and O–H groups in total. The van der Waals surface area contributed by atoms with Crippen molar-refractivity contribution in [3.63, 3.8) is 0 Å².